The van der Waals surface area contributed by atoms with Crippen LogP contribution in [0.2, 0.25) is 0 Å². The number of carbonyl (C=O) groups excluding carboxylic acids is 1. The smallest absolute Gasteiger partial charge is 0.292 e. The molecule has 9 heteroatoms. The second-order valence-electron chi connectivity index (χ2n) is 6.48. The molecular formula is C17H20N6O3. The summed E-state index contributed by atoms with van der Waals surface area (Å²) < 4.78 is 0. The molecule has 2 aliphatic rings. The number of aromatic nitrogens is 2. The Kier molecular flexibility index (Phi) is 4.29. The van der Waals surface area contributed by atoms with Gasteiger partial charge < -0.3 is 15.1 Å². The van der Waals surface area contributed by atoms with Crippen LogP contribution in [-0.2, 0) is 13.0 Å². The molecule has 0 unspecified atom stereocenters. The van der Waals surface area contributed by atoms with Gasteiger partial charge in [-0.25, -0.2) is 0 Å². The number of fused-ring (bicyclic) bond motifs is 1. The first-order valence-corrected chi connectivity index (χ1v) is 8.69. The summed E-state index contributed by atoms with van der Waals surface area (Å²) in [5.74, 6) is -0.0755. The minimum Gasteiger partial charge on any atom is -0.362 e. The number of benzene rings is 1. The zero-order valence-corrected chi connectivity index (χ0v) is 14.3. The number of hydrogen-bond donors (Lipinski definition) is 2. The van der Waals surface area contributed by atoms with Crippen molar-refractivity contribution in [2.45, 2.75) is 13.0 Å². The van der Waals surface area contributed by atoms with Gasteiger partial charge >= 0.3 is 0 Å². The highest BCUT2D eigenvalue weighted by Gasteiger charge is 2.29. The van der Waals surface area contributed by atoms with Crippen molar-refractivity contribution in [3.05, 3.63) is 51.3 Å². The molecule has 26 heavy (non-hydrogen) atoms. The van der Waals surface area contributed by atoms with Gasteiger partial charge in [-0.15, -0.1) is 0 Å². The Bertz CT molecular complexity index is 841. The number of piperazine rings is 1. The zero-order chi connectivity index (χ0) is 18.1. The number of anilines is 1. The van der Waals surface area contributed by atoms with Crippen molar-refractivity contribution in [3.63, 3.8) is 0 Å². The summed E-state index contributed by atoms with van der Waals surface area (Å²) in [7, 11) is 0. The lowest BCUT2D eigenvalue weighted by Gasteiger charge is -2.35. The van der Waals surface area contributed by atoms with Gasteiger partial charge in [0.2, 0.25) is 0 Å². The number of nitro groups is 1. The van der Waals surface area contributed by atoms with E-state index in [0.29, 0.717) is 44.1 Å². The van der Waals surface area contributed by atoms with Crippen LogP contribution in [0.15, 0.2) is 24.3 Å². The lowest BCUT2D eigenvalue weighted by atomic mass is 10.1. The van der Waals surface area contributed by atoms with Crippen LogP contribution in [0.3, 0.4) is 0 Å². The summed E-state index contributed by atoms with van der Waals surface area (Å²) in [6.07, 6.45) is 0.848. The third-order valence-corrected chi connectivity index (χ3v) is 4.99. The van der Waals surface area contributed by atoms with Crippen LogP contribution in [0.25, 0.3) is 0 Å². The summed E-state index contributed by atoms with van der Waals surface area (Å²) in [6.45, 7) is 3.68. The van der Waals surface area contributed by atoms with E-state index in [1.807, 2.05) is 4.90 Å². The number of amides is 1. The Morgan fingerprint density at radius 3 is 2.73 bits per heavy atom. The molecule has 1 aromatic carbocycles. The maximum absolute atomic E-state index is 12.8. The molecule has 0 saturated carbocycles. The SMILES string of the molecule is O=C(c1n[nH]c2c1CNCC2)N1CCN(c2ccccc2[N+](=O)[O-])CC1. The topological polar surface area (TPSA) is 107 Å². The summed E-state index contributed by atoms with van der Waals surface area (Å²) in [4.78, 5) is 27.4. The highest BCUT2D eigenvalue weighted by atomic mass is 16.6. The van der Waals surface area contributed by atoms with E-state index in [1.54, 1.807) is 23.1 Å². The first-order chi connectivity index (χ1) is 12.6. The minimum atomic E-state index is -0.365. The number of H-pyrrole nitrogens is 1. The molecule has 1 fully saturated rings. The number of hydrogen-bond acceptors (Lipinski definition) is 6. The normalized spacial score (nSPS) is 17.1. The van der Waals surface area contributed by atoms with Crippen molar-refractivity contribution in [3.8, 4) is 0 Å². The van der Waals surface area contributed by atoms with Gasteiger partial charge in [-0.05, 0) is 6.07 Å². The second kappa shape index (κ2) is 6.75. The fourth-order valence-corrected chi connectivity index (χ4v) is 3.59. The number of carbonyl (C=O) groups is 1. The van der Waals surface area contributed by atoms with E-state index in [1.165, 1.54) is 6.07 Å². The van der Waals surface area contributed by atoms with Crippen LogP contribution in [0, 0.1) is 10.1 Å². The number of nitrogens with zero attached hydrogens (tertiary/aromatic N) is 4. The molecule has 0 bridgehead atoms. The number of nitrogens with one attached hydrogen (secondary N) is 2. The van der Waals surface area contributed by atoms with Gasteiger partial charge in [0.15, 0.2) is 5.69 Å². The Morgan fingerprint density at radius 2 is 1.96 bits per heavy atom. The average Bonchev–Trinajstić information content (AvgIpc) is 3.11. The predicted molar refractivity (Wildman–Crippen MR) is 95.2 cm³/mol. The Labute approximate surface area is 150 Å². The van der Waals surface area contributed by atoms with Crippen LogP contribution in [-0.4, -0.2) is 58.7 Å². The summed E-state index contributed by atoms with van der Waals surface area (Å²) in [5.41, 5.74) is 3.19. The van der Waals surface area contributed by atoms with E-state index < -0.39 is 0 Å². The third-order valence-electron chi connectivity index (χ3n) is 4.99. The molecule has 1 aromatic heterocycles. The van der Waals surface area contributed by atoms with Crippen molar-refractivity contribution in [1.29, 1.82) is 0 Å². The molecule has 0 radical (unpaired) electrons. The molecule has 0 aliphatic carbocycles. The van der Waals surface area contributed by atoms with Crippen LogP contribution in [0.4, 0.5) is 11.4 Å². The lowest BCUT2D eigenvalue weighted by molar-refractivity contribution is -0.384. The summed E-state index contributed by atoms with van der Waals surface area (Å²) in [6, 6.07) is 6.72. The minimum absolute atomic E-state index is 0.0755. The van der Waals surface area contributed by atoms with Gasteiger partial charge in [0.25, 0.3) is 11.6 Å². The zero-order valence-electron chi connectivity index (χ0n) is 14.3. The Balaban J connectivity index is 1.46. The first-order valence-electron chi connectivity index (χ1n) is 8.69. The molecule has 2 N–H and O–H groups in total. The summed E-state index contributed by atoms with van der Waals surface area (Å²) in [5, 5.41) is 21.7. The van der Waals surface area contributed by atoms with Gasteiger partial charge in [-0.3, -0.25) is 20.0 Å². The average molecular weight is 356 g/mol. The van der Waals surface area contributed by atoms with Crippen molar-refractivity contribution >= 4 is 17.3 Å². The van der Waals surface area contributed by atoms with E-state index in [0.717, 1.165) is 24.2 Å². The van der Waals surface area contributed by atoms with Crippen LogP contribution in [0.5, 0.6) is 0 Å². The molecular weight excluding hydrogens is 336 g/mol. The number of para-hydroxylation sites is 2. The molecule has 2 aromatic rings. The monoisotopic (exact) mass is 356 g/mol. The van der Waals surface area contributed by atoms with Crippen molar-refractivity contribution in [2.24, 2.45) is 0 Å². The summed E-state index contributed by atoms with van der Waals surface area (Å²) >= 11 is 0. The van der Waals surface area contributed by atoms with Crippen LogP contribution < -0.4 is 10.2 Å². The Hall–Kier alpha value is -2.94. The number of rotatable bonds is 3. The fourth-order valence-electron chi connectivity index (χ4n) is 3.59. The van der Waals surface area contributed by atoms with Gasteiger partial charge in [-0.2, -0.15) is 5.10 Å². The molecule has 136 valence electrons. The van der Waals surface area contributed by atoms with Gasteiger partial charge in [0.05, 0.1) is 4.92 Å². The molecule has 4 rings (SSSR count). The first kappa shape index (κ1) is 16.5. The molecule has 1 saturated heterocycles. The fraction of sp³-hybridized carbons (Fsp3) is 0.412. The van der Waals surface area contributed by atoms with Gasteiger partial charge in [-0.1, -0.05) is 12.1 Å². The van der Waals surface area contributed by atoms with Gasteiger partial charge in [0, 0.05) is 63.0 Å². The molecule has 9 nitrogen and oxygen atoms in total. The van der Waals surface area contributed by atoms with Gasteiger partial charge in [0.1, 0.15) is 5.69 Å². The largest absolute Gasteiger partial charge is 0.362 e. The van der Waals surface area contributed by atoms with Crippen molar-refractivity contribution in [2.75, 3.05) is 37.6 Å². The van der Waals surface area contributed by atoms with E-state index in [9.17, 15) is 14.9 Å². The van der Waals surface area contributed by atoms with Crippen molar-refractivity contribution in [1.82, 2.24) is 20.4 Å². The maximum atomic E-state index is 12.8. The third kappa shape index (κ3) is 2.90. The number of aromatic amines is 1. The van der Waals surface area contributed by atoms with E-state index in [-0.39, 0.29) is 16.5 Å². The highest BCUT2D eigenvalue weighted by molar-refractivity contribution is 5.94. The lowest BCUT2D eigenvalue weighted by Crippen LogP contribution is -2.49. The van der Waals surface area contributed by atoms with E-state index >= 15 is 0 Å². The molecule has 2 aliphatic heterocycles. The quantitative estimate of drug-likeness (QED) is 0.626. The molecule has 0 atom stereocenters. The van der Waals surface area contributed by atoms with E-state index in [2.05, 4.69) is 15.5 Å². The molecule has 1 amide bonds. The van der Waals surface area contributed by atoms with Crippen LogP contribution >= 0.6 is 0 Å². The maximum Gasteiger partial charge on any atom is 0.292 e. The standard InChI is InChI=1S/C17H20N6O3/c24-17(16-12-11-18-6-5-13(12)19-20-16)22-9-7-21(8-10-22)14-3-1-2-4-15(14)23(25)26/h1-4,18H,5-11H2,(H,19,20). The predicted octanol–water partition coefficient (Wildman–Crippen LogP) is 0.926. The van der Waals surface area contributed by atoms with Crippen molar-refractivity contribution < 1.29 is 9.72 Å². The molecule has 0 spiro atoms. The van der Waals surface area contributed by atoms with E-state index in [4.69, 9.17) is 0 Å². The van der Waals surface area contributed by atoms with Crippen LogP contribution in [0.1, 0.15) is 21.7 Å². The second-order valence-corrected chi connectivity index (χ2v) is 6.48. The highest BCUT2D eigenvalue weighted by Crippen LogP contribution is 2.28. The Morgan fingerprint density at radius 1 is 1.19 bits per heavy atom. The number of nitro benzene ring substituents is 1. The molecule has 3 heterocycles.